The van der Waals surface area contributed by atoms with Crippen LogP contribution in [0.3, 0.4) is 0 Å². The molecule has 0 radical (unpaired) electrons. The number of esters is 1. The van der Waals surface area contributed by atoms with Gasteiger partial charge in [-0.2, -0.15) is 13.2 Å². The highest BCUT2D eigenvalue weighted by atomic mass is 19.4. The first kappa shape index (κ1) is 14.5. The van der Waals surface area contributed by atoms with Crippen LogP contribution in [0, 0.1) is 0 Å². The van der Waals surface area contributed by atoms with Crippen molar-refractivity contribution >= 4 is 5.97 Å². The number of hydrogen-bond donors (Lipinski definition) is 0. The molecule has 0 aliphatic heterocycles. The van der Waals surface area contributed by atoms with Crippen molar-refractivity contribution in [3.05, 3.63) is 35.4 Å². The van der Waals surface area contributed by atoms with Gasteiger partial charge in [0.2, 0.25) is 0 Å². The third kappa shape index (κ3) is 3.75. The fraction of sp³-hybridized carbons (Fsp3) is 0.462. The van der Waals surface area contributed by atoms with Crippen molar-refractivity contribution in [1.82, 2.24) is 0 Å². The Morgan fingerprint density at radius 1 is 1.28 bits per heavy atom. The molecule has 5 heteroatoms. The highest BCUT2D eigenvalue weighted by Gasteiger charge is 2.31. The van der Waals surface area contributed by atoms with Gasteiger partial charge in [0.05, 0.1) is 5.56 Å². The van der Waals surface area contributed by atoms with Crippen LogP contribution in [0.4, 0.5) is 13.2 Å². The maximum Gasteiger partial charge on any atom is 0.416 e. The van der Waals surface area contributed by atoms with Gasteiger partial charge in [0.25, 0.3) is 0 Å². The fourth-order valence-corrected chi connectivity index (χ4v) is 1.63. The average Bonchev–Trinajstić information content (AvgIpc) is 2.26. The Bertz CT molecular complexity index is 426. The van der Waals surface area contributed by atoms with Crippen LogP contribution in [0.1, 0.15) is 37.8 Å². The maximum atomic E-state index is 12.6. The summed E-state index contributed by atoms with van der Waals surface area (Å²) in [5.74, 6) is -0.738. The van der Waals surface area contributed by atoms with Gasteiger partial charge in [-0.05, 0) is 18.6 Å². The minimum absolute atomic E-state index is 0.295. The van der Waals surface area contributed by atoms with Crippen molar-refractivity contribution < 1.29 is 22.7 Å². The second kappa shape index (κ2) is 5.42. The Balaban J connectivity index is 2.93. The molecular weight excluding hydrogens is 245 g/mol. The van der Waals surface area contributed by atoms with Gasteiger partial charge < -0.3 is 4.74 Å². The molecule has 0 aliphatic carbocycles. The van der Waals surface area contributed by atoms with Gasteiger partial charge in [-0.25, -0.2) is 0 Å². The summed E-state index contributed by atoms with van der Waals surface area (Å²) in [5.41, 5.74) is -0.194. The van der Waals surface area contributed by atoms with E-state index in [9.17, 15) is 18.0 Å². The number of hydrogen-bond acceptors (Lipinski definition) is 2. The quantitative estimate of drug-likeness (QED) is 0.773. The van der Waals surface area contributed by atoms with Crippen molar-refractivity contribution in [2.75, 3.05) is 0 Å². The van der Waals surface area contributed by atoms with Crippen LogP contribution in [0.5, 0.6) is 0 Å². The molecule has 2 nitrogen and oxygen atoms in total. The molecule has 0 fully saturated rings. The molecule has 18 heavy (non-hydrogen) atoms. The van der Waals surface area contributed by atoms with Crippen LogP contribution >= 0.6 is 0 Å². The lowest BCUT2D eigenvalue weighted by atomic mass is 9.94. The highest BCUT2D eigenvalue weighted by molar-refractivity contribution is 5.66. The van der Waals surface area contributed by atoms with Crippen LogP contribution in [0.2, 0.25) is 0 Å². The zero-order valence-electron chi connectivity index (χ0n) is 10.4. The Morgan fingerprint density at radius 3 is 2.39 bits per heavy atom. The summed E-state index contributed by atoms with van der Waals surface area (Å²) in [7, 11) is 0. The molecule has 1 rings (SSSR count). The third-order valence-corrected chi connectivity index (χ3v) is 2.80. The minimum atomic E-state index is -4.36. The highest BCUT2D eigenvalue weighted by Crippen LogP contribution is 2.32. The van der Waals surface area contributed by atoms with E-state index in [-0.39, 0.29) is 5.92 Å². The third-order valence-electron chi connectivity index (χ3n) is 2.80. The molecule has 0 amide bonds. The maximum absolute atomic E-state index is 12.6. The molecule has 0 bridgehead atoms. The zero-order chi connectivity index (χ0) is 13.9. The molecule has 0 spiro atoms. The van der Waals surface area contributed by atoms with Crippen molar-refractivity contribution in [3.63, 3.8) is 0 Å². The predicted octanol–water partition coefficient (Wildman–Crippen LogP) is 3.76. The Labute approximate surface area is 104 Å². The van der Waals surface area contributed by atoms with Gasteiger partial charge in [-0.1, -0.05) is 25.1 Å². The lowest BCUT2D eigenvalue weighted by Crippen LogP contribution is -2.19. The molecular formula is C13H15F3O2. The van der Waals surface area contributed by atoms with E-state index in [0.717, 1.165) is 12.1 Å². The van der Waals surface area contributed by atoms with E-state index in [1.165, 1.54) is 13.0 Å². The normalized spacial score (nSPS) is 15.0. The first-order valence-corrected chi connectivity index (χ1v) is 5.56. The SMILES string of the molecule is CC(=O)O[C@@H](C)[C@H](C)c1cccc(C(F)(F)F)c1. The van der Waals surface area contributed by atoms with E-state index >= 15 is 0 Å². The number of halogens is 3. The summed E-state index contributed by atoms with van der Waals surface area (Å²) in [6.07, 6.45) is -4.83. The Hall–Kier alpha value is -1.52. The van der Waals surface area contributed by atoms with Crippen molar-refractivity contribution in [3.8, 4) is 0 Å². The standard InChI is InChI=1S/C13H15F3O2/c1-8(9(2)18-10(3)17)11-5-4-6-12(7-11)13(14,15)16/h4-9H,1-3H3/t8-,9-/m0/s1. The number of alkyl halides is 3. The van der Waals surface area contributed by atoms with Crippen molar-refractivity contribution in [1.29, 1.82) is 0 Å². The molecule has 1 aromatic rings. The van der Waals surface area contributed by atoms with E-state index in [1.807, 2.05) is 0 Å². The van der Waals surface area contributed by atoms with Gasteiger partial charge in [0, 0.05) is 12.8 Å². The number of carbonyl (C=O) groups is 1. The molecule has 0 saturated heterocycles. The molecule has 0 N–H and O–H groups in total. The molecule has 100 valence electrons. The second-order valence-electron chi connectivity index (χ2n) is 4.23. The zero-order valence-corrected chi connectivity index (χ0v) is 10.4. The molecule has 0 aliphatic rings. The van der Waals surface area contributed by atoms with E-state index in [4.69, 9.17) is 4.74 Å². The molecule has 0 saturated carbocycles. The minimum Gasteiger partial charge on any atom is -0.462 e. The Morgan fingerprint density at radius 2 is 1.89 bits per heavy atom. The smallest absolute Gasteiger partial charge is 0.416 e. The van der Waals surface area contributed by atoms with Gasteiger partial charge in [0.1, 0.15) is 6.10 Å². The summed E-state index contributed by atoms with van der Waals surface area (Å²) in [6, 6.07) is 5.06. The molecule has 0 aromatic heterocycles. The van der Waals surface area contributed by atoms with Crippen LogP contribution in [0.25, 0.3) is 0 Å². The van der Waals surface area contributed by atoms with Gasteiger partial charge in [-0.3, -0.25) is 4.79 Å². The first-order chi connectivity index (χ1) is 8.21. The van der Waals surface area contributed by atoms with E-state index in [0.29, 0.717) is 5.56 Å². The van der Waals surface area contributed by atoms with E-state index in [1.54, 1.807) is 19.9 Å². The summed E-state index contributed by atoms with van der Waals surface area (Å²) in [4.78, 5) is 10.8. The largest absolute Gasteiger partial charge is 0.462 e. The van der Waals surface area contributed by atoms with Gasteiger partial charge in [-0.15, -0.1) is 0 Å². The van der Waals surface area contributed by atoms with Crippen molar-refractivity contribution in [2.24, 2.45) is 0 Å². The molecule has 1 aromatic carbocycles. The number of ether oxygens (including phenoxy) is 1. The molecule has 2 atom stereocenters. The topological polar surface area (TPSA) is 26.3 Å². The lowest BCUT2D eigenvalue weighted by molar-refractivity contribution is -0.146. The summed E-state index contributed by atoms with van der Waals surface area (Å²) in [6.45, 7) is 4.66. The van der Waals surface area contributed by atoms with Crippen molar-refractivity contribution in [2.45, 2.75) is 39.0 Å². The van der Waals surface area contributed by atoms with E-state index < -0.39 is 23.8 Å². The fourth-order valence-electron chi connectivity index (χ4n) is 1.63. The number of carbonyl (C=O) groups excluding carboxylic acids is 1. The number of benzene rings is 1. The number of rotatable bonds is 3. The summed E-state index contributed by atoms with van der Waals surface area (Å²) >= 11 is 0. The van der Waals surface area contributed by atoms with Crippen LogP contribution in [0.15, 0.2) is 24.3 Å². The van der Waals surface area contributed by atoms with E-state index in [2.05, 4.69) is 0 Å². The van der Waals surface area contributed by atoms with Crippen LogP contribution in [-0.4, -0.2) is 12.1 Å². The van der Waals surface area contributed by atoms with Gasteiger partial charge in [0.15, 0.2) is 0 Å². The summed E-state index contributed by atoms with van der Waals surface area (Å²) in [5, 5.41) is 0. The summed E-state index contributed by atoms with van der Waals surface area (Å²) < 4.78 is 42.6. The first-order valence-electron chi connectivity index (χ1n) is 5.56. The van der Waals surface area contributed by atoms with Gasteiger partial charge >= 0.3 is 12.1 Å². The van der Waals surface area contributed by atoms with Crippen LogP contribution in [-0.2, 0) is 15.7 Å². The average molecular weight is 260 g/mol. The van der Waals surface area contributed by atoms with Crippen LogP contribution < -0.4 is 0 Å². The molecule has 0 heterocycles. The lowest BCUT2D eigenvalue weighted by Gasteiger charge is -2.21. The Kier molecular flexibility index (Phi) is 4.38. The predicted molar refractivity (Wildman–Crippen MR) is 61.1 cm³/mol. The molecule has 0 unspecified atom stereocenters. The monoisotopic (exact) mass is 260 g/mol. The second-order valence-corrected chi connectivity index (χ2v) is 4.23.